The largest absolute Gasteiger partial charge is 0.461 e. The highest BCUT2D eigenvalue weighted by Crippen LogP contribution is 2.30. The van der Waals surface area contributed by atoms with E-state index < -0.39 is 5.97 Å². The molecule has 6 nitrogen and oxygen atoms in total. The zero-order valence-electron chi connectivity index (χ0n) is 12.9. The highest BCUT2D eigenvalue weighted by Gasteiger charge is 2.19. The predicted molar refractivity (Wildman–Crippen MR) is 96.2 cm³/mol. The van der Waals surface area contributed by atoms with Crippen LogP contribution in [0.15, 0.2) is 22.2 Å². The molecular formula is C15H13N3O3S3. The second-order valence-electron chi connectivity index (χ2n) is 4.66. The smallest absolute Gasteiger partial charge is 0.357 e. The molecule has 0 aliphatic heterocycles. The summed E-state index contributed by atoms with van der Waals surface area (Å²) in [7, 11) is 0. The van der Waals surface area contributed by atoms with Gasteiger partial charge in [-0.1, -0.05) is 0 Å². The molecule has 1 amide bonds. The summed E-state index contributed by atoms with van der Waals surface area (Å²) in [5.74, 6) is -0.779. The summed E-state index contributed by atoms with van der Waals surface area (Å²) < 4.78 is 4.88. The summed E-state index contributed by atoms with van der Waals surface area (Å²) in [6.45, 7) is 3.81. The van der Waals surface area contributed by atoms with Gasteiger partial charge < -0.3 is 4.74 Å². The topological polar surface area (TPSA) is 81.2 Å². The molecule has 3 aromatic rings. The molecule has 0 saturated heterocycles. The number of hydrogen-bond donors (Lipinski definition) is 1. The number of thiazole rings is 2. The van der Waals surface area contributed by atoms with Crippen molar-refractivity contribution in [2.75, 3.05) is 11.9 Å². The standard InChI is InChI=1S/C15H13N3O3S3/c1-3-21-14(20)10-7-23-15(17-10)18-12(19)11-8(2)16-13(24-11)9-4-5-22-6-9/h4-7H,3H2,1-2H3,(H,17,18,19). The number of aryl methyl sites for hydroxylation is 1. The molecule has 0 atom stereocenters. The first-order valence-electron chi connectivity index (χ1n) is 7.02. The van der Waals surface area contributed by atoms with Crippen molar-refractivity contribution in [2.24, 2.45) is 0 Å². The Labute approximate surface area is 150 Å². The van der Waals surface area contributed by atoms with Gasteiger partial charge in [0.2, 0.25) is 0 Å². The number of nitrogens with zero attached hydrogens (tertiary/aromatic N) is 2. The monoisotopic (exact) mass is 379 g/mol. The van der Waals surface area contributed by atoms with Crippen molar-refractivity contribution in [3.63, 3.8) is 0 Å². The molecule has 0 fully saturated rings. The molecule has 24 heavy (non-hydrogen) atoms. The summed E-state index contributed by atoms with van der Waals surface area (Å²) in [5, 5.41) is 9.40. The maximum absolute atomic E-state index is 12.4. The van der Waals surface area contributed by atoms with Crippen LogP contribution in [0.1, 0.15) is 32.8 Å². The van der Waals surface area contributed by atoms with E-state index in [9.17, 15) is 9.59 Å². The number of nitrogens with one attached hydrogen (secondary N) is 1. The maximum atomic E-state index is 12.4. The van der Waals surface area contributed by atoms with E-state index in [1.807, 2.05) is 16.8 Å². The van der Waals surface area contributed by atoms with Crippen LogP contribution in [-0.4, -0.2) is 28.5 Å². The summed E-state index contributed by atoms with van der Waals surface area (Å²) in [6, 6.07) is 1.97. The molecule has 1 N–H and O–H groups in total. The summed E-state index contributed by atoms with van der Waals surface area (Å²) >= 11 is 4.10. The number of hydrogen-bond acceptors (Lipinski definition) is 8. The maximum Gasteiger partial charge on any atom is 0.357 e. The zero-order chi connectivity index (χ0) is 17.1. The third-order valence-corrected chi connectivity index (χ3v) is 5.63. The van der Waals surface area contributed by atoms with Crippen LogP contribution in [0.2, 0.25) is 0 Å². The van der Waals surface area contributed by atoms with Crippen LogP contribution in [0.25, 0.3) is 10.6 Å². The number of amides is 1. The highest BCUT2D eigenvalue weighted by atomic mass is 32.1. The van der Waals surface area contributed by atoms with Crippen LogP contribution in [-0.2, 0) is 4.74 Å². The summed E-state index contributed by atoms with van der Waals surface area (Å²) in [5.41, 5.74) is 1.86. The van der Waals surface area contributed by atoms with E-state index in [4.69, 9.17) is 4.74 Å². The molecule has 124 valence electrons. The van der Waals surface area contributed by atoms with Gasteiger partial charge in [0, 0.05) is 16.3 Å². The van der Waals surface area contributed by atoms with Crippen molar-refractivity contribution in [2.45, 2.75) is 13.8 Å². The minimum Gasteiger partial charge on any atom is -0.461 e. The van der Waals surface area contributed by atoms with Crippen LogP contribution >= 0.6 is 34.0 Å². The van der Waals surface area contributed by atoms with E-state index in [-0.39, 0.29) is 18.2 Å². The van der Waals surface area contributed by atoms with Gasteiger partial charge in [0.15, 0.2) is 10.8 Å². The first-order chi connectivity index (χ1) is 11.6. The Kier molecular flexibility index (Phi) is 5.03. The van der Waals surface area contributed by atoms with E-state index in [1.165, 1.54) is 22.7 Å². The van der Waals surface area contributed by atoms with Crippen LogP contribution in [0, 0.1) is 6.92 Å². The van der Waals surface area contributed by atoms with Gasteiger partial charge in [-0.25, -0.2) is 14.8 Å². The number of rotatable bonds is 5. The molecule has 0 saturated carbocycles. The van der Waals surface area contributed by atoms with Crippen molar-refractivity contribution in [1.29, 1.82) is 0 Å². The first kappa shape index (κ1) is 16.7. The lowest BCUT2D eigenvalue weighted by Crippen LogP contribution is -2.12. The Balaban J connectivity index is 1.75. The molecular weight excluding hydrogens is 366 g/mol. The van der Waals surface area contributed by atoms with Gasteiger partial charge in [0.1, 0.15) is 9.88 Å². The number of ether oxygens (including phenoxy) is 1. The van der Waals surface area contributed by atoms with E-state index >= 15 is 0 Å². The summed E-state index contributed by atoms with van der Waals surface area (Å²) in [6.07, 6.45) is 0. The number of aromatic nitrogens is 2. The molecule has 0 aromatic carbocycles. The van der Waals surface area contributed by atoms with Crippen molar-refractivity contribution < 1.29 is 14.3 Å². The van der Waals surface area contributed by atoms with Crippen LogP contribution in [0.4, 0.5) is 5.13 Å². The van der Waals surface area contributed by atoms with Crippen LogP contribution in [0.3, 0.4) is 0 Å². The Morgan fingerprint density at radius 3 is 2.83 bits per heavy atom. The Morgan fingerprint density at radius 1 is 1.29 bits per heavy atom. The molecule has 0 aliphatic rings. The van der Waals surface area contributed by atoms with Gasteiger partial charge in [0.25, 0.3) is 5.91 Å². The third kappa shape index (κ3) is 3.53. The quantitative estimate of drug-likeness (QED) is 0.676. The fraction of sp³-hybridized carbons (Fsp3) is 0.200. The normalized spacial score (nSPS) is 10.6. The molecule has 9 heteroatoms. The van der Waals surface area contributed by atoms with Crippen molar-refractivity contribution in [3.8, 4) is 10.6 Å². The number of carbonyl (C=O) groups is 2. The van der Waals surface area contributed by atoms with Gasteiger partial charge >= 0.3 is 5.97 Å². The summed E-state index contributed by atoms with van der Waals surface area (Å²) in [4.78, 5) is 33.1. The number of esters is 1. The van der Waals surface area contributed by atoms with Crippen molar-refractivity contribution >= 4 is 51.0 Å². The Morgan fingerprint density at radius 2 is 2.12 bits per heavy atom. The molecule has 3 rings (SSSR count). The predicted octanol–water partition coefficient (Wildman–Crippen LogP) is 4.07. The molecule has 3 heterocycles. The van der Waals surface area contributed by atoms with E-state index in [0.717, 1.165) is 10.6 Å². The Hall–Kier alpha value is -2.10. The lowest BCUT2D eigenvalue weighted by atomic mass is 10.3. The SMILES string of the molecule is CCOC(=O)c1csc(NC(=O)c2sc(-c3ccsc3)nc2C)n1. The fourth-order valence-electron chi connectivity index (χ4n) is 1.90. The average Bonchev–Trinajstić information content (AvgIpc) is 3.26. The fourth-order valence-corrected chi connectivity index (χ4v) is 4.25. The van der Waals surface area contributed by atoms with Crippen molar-refractivity contribution in [3.05, 3.63) is 38.5 Å². The van der Waals surface area contributed by atoms with Crippen molar-refractivity contribution in [1.82, 2.24) is 9.97 Å². The minimum atomic E-state index is -0.497. The van der Waals surface area contributed by atoms with Gasteiger partial charge in [0.05, 0.1) is 12.3 Å². The zero-order valence-corrected chi connectivity index (χ0v) is 15.3. The average molecular weight is 379 g/mol. The van der Waals surface area contributed by atoms with Gasteiger partial charge in [-0.2, -0.15) is 11.3 Å². The molecule has 0 spiro atoms. The minimum absolute atomic E-state index is 0.192. The lowest BCUT2D eigenvalue weighted by molar-refractivity contribution is 0.0520. The van der Waals surface area contributed by atoms with E-state index in [1.54, 1.807) is 30.6 Å². The second kappa shape index (κ2) is 7.20. The number of anilines is 1. The van der Waals surface area contributed by atoms with E-state index in [0.29, 0.717) is 15.7 Å². The van der Waals surface area contributed by atoms with E-state index in [2.05, 4.69) is 15.3 Å². The third-order valence-electron chi connectivity index (χ3n) is 2.98. The molecule has 0 bridgehead atoms. The second-order valence-corrected chi connectivity index (χ2v) is 7.30. The Bertz CT molecular complexity index is 868. The van der Waals surface area contributed by atoms with Gasteiger partial charge in [-0.15, -0.1) is 22.7 Å². The lowest BCUT2D eigenvalue weighted by Gasteiger charge is -1.99. The molecule has 0 unspecified atom stereocenters. The van der Waals surface area contributed by atoms with Gasteiger partial charge in [-0.05, 0) is 25.3 Å². The molecule has 3 aromatic heterocycles. The first-order valence-corrected chi connectivity index (χ1v) is 9.66. The number of carbonyl (C=O) groups excluding carboxylic acids is 2. The molecule has 0 aliphatic carbocycles. The number of thiophene rings is 1. The molecule has 0 radical (unpaired) electrons. The van der Waals surface area contributed by atoms with Crippen LogP contribution in [0.5, 0.6) is 0 Å². The highest BCUT2D eigenvalue weighted by molar-refractivity contribution is 7.18. The van der Waals surface area contributed by atoms with Crippen LogP contribution < -0.4 is 5.32 Å². The van der Waals surface area contributed by atoms with Gasteiger partial charge in [-0.3, -0.25) is 10.1 Å².